The number of nitrogens with one attached hydrogen (secondary N) is 2. The molecule has 0 unspecified atom stereocenters. The summed E-state index contributed by atoms with van der Waals surface area (Å²) in [5.41, 5.74) is 3.17. The van der Waals surface area contributed by atoms with Crippen molar-refractivity contribution >= 4 is 22.8 Å². The van der Waals surface area contributed by atoms with Crippen molar-refractivity contribution < 1.29 is 14.7 Å². The Balaban J connectivity index is 1.44. The summed E-state index contributed by atoms with van der Waals surface area (Å²) in [6.07, 6.45) is 2.18. The monoisotopic (exact) mass is 393 g/mol. The Kier molecular flexibility index (Phi) is 4.92. The van der Waals surface area contributed by atoms with Gasteiger partial charge in [0.2, 0.25) is 0 Å². The fourth-order valence-corrected chi connectivity index (χ4v) is 3.44. The van der Waals surface area contributed by atoms with Crippen LogP contribution in [0.15, 0.2) is 30.3 Å². The number of carbonyl (C=O) groups is 2. The quantitative estimate of drug-likeness (QED) is 0.555. The Labute approximate surface area is 167 Å². The van der Waals surface area contributed by atoms with Crippen molar-refractivity contribution in [3.8, 4) is 5.75 Å². The lowest BCUT2D eigenvalue weighted by Crippen LogP contribution is -2.34. The molecular formula is C21H23N5O3. The van der Waals surface area contributed by atoms with Gasteiger partial charge < -0.3 is 15.7 Å². The van der Waals surface area contributed by atoms with Crippen LogP contribution >= 0.6 is 0 Å². The third-order valence-corrected chi connectivity index (χ3v) is 5.07. The number of aromatic nitrogens is 3. The van der Waals surface area contributed by atoms with Gasteiger partial charge in [-0.2, -0.15) is 5.10 Å². The van der Waals surface area contributed by atoms with Gasteiger partial charge in [0.25, 0.3) is 11.8 Å². The summed E-state index contributed by atoms with van der Waals surface area (Å²) >= 11 is 0. The molecule has 8 heteroatoms. The molecule has 29 heavy (non-hydrogen) atoms. The topological polar surface area (TPSA) is 109 Å². The van der Waals surface area contributed by atoms with Gasteiger partial charge in [0.1, 0.15) is 5.75 Å². The van der Waals surface area contributed by atoms with Crippen LogP contribution < -0.4 is 10.6 Å². The van der Waals surface area contributed by atoms with Crippen molar-refractivity contribution in [3.05, 3.63) is 52.8 Å². The average Bonchev–Trinajstić information content (AvgIpc) is 3.51. The maximum Gasteiger partial charge on any atom is 0.255 e. The van der Waals surface area contributed by atoms with E-state index in [2.05, 4.69) is 15.7 Å². The molecule has 1 aliphatic rings. The van der Waals surface area contributed by atoms with E-state index in [-0.39, 0.29) is 36.2 Å². The predicted molar refractivity (Wildman–Crippen MR) is 108 cm³/mol. The van der Waals surface area contributed by atoms with Gasteiger partial charge in [-0.3, -0.25) is 14.3 Å². The third-order valence-electron chi connectivity index (χ3n) is 5.07. The van der Waals surface area contributed by atoms with E-state index in [0.717, 1.165) is 29.6 Å². The molecule has 4 rings (SSSR count). The lowest BCUT2D eigenvalue weighted by molar-refractivity contribution is 0.0927. The van der Waals surface area contributed by atoms with E-state index in [9.17, 15) is 14.7 Å². The number of nitrogens with zero attached hydrogens (tertiary/aromatic N) is 3. The molecule has 1 saturated carbocycles. The maximum absolute atomic E-state index is 12.9. The highest BCUT2D eigenvalue weighted by atomic mass is 16.3. The van der Waals surface area contributed by atoms with Crippen LogP contribution in [0.5, 0.6) is 5.75 Å². The summed E-state index contributed by atoms with van der Waals surface area (Å²) in [6, 6.07) is 8.20. The molecule has 1 aromatic carbocycles. The standard InChI is InChI=1S/C21H23N5O3/c1-12-18-15(11-16(13-7-8-13)24-19(18)26(2)25-12)21(29)23-10-9-22-20(28)14-5-3-4-6-17(14)27/h3-6,11,13,27H,7-10H2,1-2H3,(H,22,28)(H,23,29). The van der Waals surface area contributed by atoms with Crippen molar-refractivity contribution in [3.63, 3.8) is 0 Å². The number of amides is 2. The summed E-state index contributed by atoms with van der Waals surface area (Å²) < 4.78 is 1.71. The largest absolute Gasteiger partial charge is 0.507 e. The van der Waals surface area contributed by atoms with Crippen LogP contribution in [0.1, 0.15) is 50.9 Å². The van der Waals surface area contributed by atoms with Crippen LogP contribution in [0.3, 0.4) is 0 Å². The van der Waals surface area contributed by atoms with E-state index in [4.69, 9.17) is 4.98 Å². The fourth-order valence-electron chi connectivity index (χ4n) is 3.44. The predicted octanol–water partition coefficient (Wildman–Crippen LogP) is 2.02. The molecule has 0 saturated heterocycles. The SMILES string of the molecule is Cc1nn(C)c2nc(C3CC3)cc(C(=O)NCCNC(=O)c3ccccc3O)c12. The number of phenolic OH excluding ortho intramolecular Hbond substituents is 1. The number of para-hydroxylation sites is 1. The van der Waals surface area contributed by atoms with Crippen LogP contribution in [0.2, 0.25) is 0 Å². The molecule has 3 aromatic rings. The van der Waals surface area contributed by atoms with Crippen molar-refractivity contribution in [1.82, 2.24) is 25.4 Å². The Morgan fingerprint density at radius 1 is 1.14 bits per heavy atom. The molecule has 8 nitrogen and oxygen atoms in total. The molecule has 0 radical (unpaired) electrons. The highest BCUT2D eigenvalue weighted by Gasteiger charge is 2.28. The minimum atomic E-state index is -0.386. The number of hydrogen-bond acceptors (Lipinski definition) is 5. The third kappa shape index (κ3) is 3.78. The fraction of sp³-hybridized carbons (Fsp3) is 0.333. The Morgan fingerprint density at radius 3 is 2.45 bits per heavy atom. The second-order valence-corrected chi connectivity index (χ2v) is 7.31. The minimum Gasteiger partial charge on any atom is -0.507 e. The van der Waals surface area contributed by atoms with E-state index in [0.29, 0.717) is 17.1 Å². The summed E-state index contributed by atoms with van der Waals surface area (Å²) in [5, 5.41) is 20.5. The molecule has 3 N–H and O–H groups in total. The van der Waals surface area contributed by atoms with Crippen molar-refractivity contribution in [2.24, 2.45) is 7.05 Å². The van der Waals surface area contributed by atoms with E-state index in [1.807, 2.05) is 20.0 Å². The Hall–Kier alpha value is -3.42. The summed E-state index contributed by atoms with van der Waals surface area (Å²) in [5.74, 6) is -0.262. The van der Waals surface area contributed by atoms with Gasteiger partial charge in [-0.05, 0) is 38.0 Å². The number of aromatic hydroxyl groups is 1. The van der Waals surface area contributed by atoms with Crippen LogP contribution in [0.25, 0.3) is 11.0 Å². The first kappa shape index (κ1) is 18.9. The number of benzene rings is 1. The number of phenols is 1. The first-order chi connectivity index (χ1) is 14.0. The molecule has 2 amide bonds. The molecule has 0 atom stereocenters. The zero-order valence-electron chi connectivity index (χ0n) is 16.4. The highest BCUT2D eigenvalue weighted by molar-refractivity contribution is 6.06. The molecule has 150 valence electrons. The first-order valence-electron chi connectivity index (χ1n) is 9.64. The lowest BCUT2D eigenvalue weighted by Gasteiger charge is -2.10. The first-order valence-corrected chi connectivity index (χ1v) is 9.64. The van der Waals surface area contributed by atoms with Gasteiger partial charge in [0.05, 0.1) is 22.2 Å². The summed E-state index contributed by atoms with van der Waals surface area (Å²) in [6.45, 7) is 2.37. The highest BCUT2D eigenvalue weighted by Crippen LogP contribution is 2.40. The summed E-state index contributed by atoms with van der Waals surface area (Å²) in [7, 11) is 1.83. The number of carbonyl (C=O) groups excluding carboxylic acids is 2. The van der Waals surface area contributed by atoms with E-state index >= 15 is 0 Å². The molecule has 2 aromatic heterocycles. The van der Waals surface area contributed by atoms with Gasteiger partial charge in [-0.1, -0.05) is 12.1 Å². The molecule has 2 heterocycles. The molecule has 0 spiro atoms. The molecule has 1 fully saturated rings. The number of hydrogen-bond donors (Lipinski definition) is 3. The van der Waals surface area contributed by atoms with Crippen molar-refractivity contribution in [2.45, 2.75) is 25.7 Å². The van der Waals surface area contributed by atoms with Crippen LogP contribution in [0.4, 0.5) is 0 Å². The van der Waals surface area contributed by atoms with Crippen molar-refractivity contribution in [1.29, 1.82) is 0 Å². The smallest absolute Gasteiger partial charge is 0.255 e. The van der Waals surface area contributed by atoms with Gasteiger partial charge in [0, 0.05) is 31.7 Å². The van der Waals surface area contributed by atoms with Gasteiger partial charge in [0.15, 0.2) is 5.65 Å². The average molecular weight is 393 g/mol. The molecular weight excluding hydrogens is 370 g/mol. The lowest BCUT2D eigenvalue weighted by atomic mass is 10.1. The molecule has 0 aliphatic heterocycles. The minimum absolute atomic E-state index is 0.0760. The van der Waals surface area contributed by atoms with Crippen molar-refractivity contribution in [2.75, 3.05) is 13.1 Å². The number of rotatable bonds is 6. The van der Waals surface area contributed by atoms with Crippen LogP contribution in [-0.2, 0) is 7.05 Å². The molecule has 0 bridgehead atoms. The number of fused-ring (bicyclic) bond motifs is 1. The zero-order valence-corrected chi connectivity index (χ0v) is 16.4. The number of pyridine rings is 1. The van der Waals surface area contributed by atoms with E-state index in [1.54, 1.807) is 22.9 Å². The van der Waals surface area contributed by atoms with Gasteiger partial charge in [-0.15, -0.1) is 0 Å². The second kappa shape index (κ2) is 7.54. The number of aryl methyl sites for hydroxylation is 2. The second-order valence-electron chi connectivity index (χ2n) is 7.31. The van der Waals surface area contributed by atoms with Crippen LogP contribution in [0, 0.1) is 6.92 Å². The van der Waals surface area contributed by atoms with E-state index < -0.39 is 0 Å². The zero-order chi connectivity index (χ0) is 20.5. The summed E-state index contributed by atoms with van der Waals surface area (Å²) in [4.78, 5) is 29.7. The maximum atomic E-state index is 12.9. The van der Waals surface area contributed by atoms with Crippen LogP contribution in [-0.4, -0.2) is 44.8 Å². The Bertz CT molecular complexity index is 1100. The van der Waals surface area contributed by atoms with Gasteiger partial charge in [-0.25, -0.2) is 4.98 Å². The Morgan fingerprint density at radius 2 is 1.79 bits per heavy atom. The van der Waals surface area contributed by atoms with E-state index in [1.165, 1.54) is 6.07 Å². The van der Waals surface area contributed by atoms with Gasteiger partial charge >= 0.3 is 0 Å². The normalized spacial score (nSPS) is 13.4. The molecule has 1 aliphatic carbocycles.